The Kier molecular flexibility index (Phi) is 3.99. The van der Waals surface area contributed by atoms with E-state index in [1.807, 2.05) is 13.8 Å². The number of thiazole rings is 1. The van der Waals surface area contributed by atoms with Gasteiger partial charge in [0, 0.05) is 18.3 Å². The van der Waals surface area contributed by atoms with Crippen molar-refractivity contribution in [3.05, 3.63) is 21.9 Å². The maximum Gasteiger partial charge on any atom is 0.453 e. The average molecular weight is 319 g/mol. The van der Waals surface area contributed by atoms with Crippen LogP contribution >= 0.6 is 11.3 Å². The van der Waals surface area contributed by atoms with E-state index in [4.69, 9.17) is 0 Å². The van der Waals surface area contributed by atoms with Crippen LogP contribution in [0.2, 0.25) is 0 Å². The van der Waals surface area contributed by atoms with Gasteiger partial charge in [-0.05, 0) is 0 Å². The Labute approximate surface area is 122 Å². The lowest BCUT2D eigenvalue weighted by atomic mass is 10.2. The number of nitrogens with one attached hydrogen (secondary N) is 1. The van der Waals surface area contributed by atoms with Crippen LogP contribution in [0.1, 0.15) is 41.1 Å². The maximum absolute atomic E-state index is 12.5. The molecule has 2 rings (SSSR count). The van der Waals surface area contributed by atoms with Crippen LogP contribution in [0.15, 0.2) is 5.38 Å². The fourth-order valence-corrected chi connectivity index (χ4v) is 2.25. The minimum Gasteiger partial charge on any atom is -0.289 e. The Morgan fingerprint density at radius 2 is 2.05 bits per heavy atom. The van der Waals surface area contributed by atoms with Crippen molar-refractivity contribution < 1.29 is 18.0 Å². The lowest BCUT2D eigenvalue weighted by molar-refractivity contribution is -0.144. The standard InChI is InChI=1S/C11H12F3N5OS/c1-5(2)8-15-6(4-21-8)7(20)16-10-17-9(11(12,13)14)18-19(10)3/h4-5H,1-3H3,(H,16,17,18,20). The minimum absolute atomic E-state index is 0.139. The smallest absolute Gasteiger partial charge is 0.289 e. The third-order valence-corrected chi connectivity index (χ3v) is 3.64. The van der Waals surface area contributed by atoms with Gasteiger partial charge in [-0.25, -0.2) is 9.67 Å². The Hall–Kier alpha value is -1.97. The van der Waals surface area contributed by atoms with Crippen LogP contribution in [0.25, 0.3) is 0 Å². The van der Waals surface area contributed by atoms with Gasteiger partial charge in [0.15, 0.2) is 0 Å². The number of halogens is 3. The van der Waals surface area contributed by atoms with Crippen molar-refractivity contribution in [3.8, 4) is 0 Å². The van der Waals surface area contributed by atoms with Gasteiger partial charge in [-0.3, -0.25) is 10.1 Å². The summed E-state index contributed by atoms with van der Waals surface area (Å²) in [5.74, 6) is -2.04. The zero-order valence-corrected chi connectivity index (χ0v) is 12.2. The number of carbonyl (C=O) groups excluding carboxylic acids is 1. The highest BCUT2D eigenvalue weighted by atomic mass is 32.1. The number of carbonyl (C=O) groups is 1. The van der Waals surface area contributed by atoms with E-state index in [2.05, 4.69) is 20.4 Å². The number of aryl methyl sites for hydroxylation is 1. The highest BCUT2D eigenvalue weighted by molar-refractivity contribution is 7.09. The van der Waals surface area contributed by atoms with Crippen LogP contribution in [0.3, 0.4) is 0 Å². The molecule has 0 aliphatic carbocycles. The fraction of sp³-hybridized carbons (Fsp3) is 0.455. The summed E-state index contributed by atoms with van der Waals surface area (Å²) in [6, 6.07) is 0. The first-order valence-corrected chi connectivity index (χ1v) is 6.81. The Balaban J connectivity index is 2.17. The second-order valence-electron chi connectivity index (χ2n) is 4.56. The van der Waals surface area contributed by atoms with E-state index in [0.29, 0.717) is 0 Å². The number of hydrogen-bond acceptors (Lipinski definition) is 5. The molecular formula is C11H12F3N5OS. The van der Waals surface area contributed by atoms with Crippen molar-refractivity contribution >= 4 is 23.2 Å². The summed E-state index contributed by atoms with van der Waals surface area (Å²) in [7, 11) is 1.26. The van der Waals surface area contributed by atoms with Gasteiger partial charge in [-0.1, -0.05) is 13.8 Å². The molecule has 2 aromatic rings. The molecule has 0 atom stereocenters. The number of aromatic nitrogens is 4. The zero-order chi connectivity index (χ0) is 15.8. The molecule has 0 radical (unpaired) electrons. The SMILES string of the molecule is CC(C)c1nc(C(=O)Nc2nc(C(F)(F)F)nn2C)cs1. The average Bonchev–Trinajstić information content (AvgIpc) is 2.96. The molecule has 0 spiro atoms. The second-order valence-corrected chi connectivity index (χ2v) is 5.45. The molecule has 2 heterocycles. The lowest BCUT2D eigenvalue weighted by Crippen LogP contribution is -2.16. The monoisotopic (exact) mass is 319 g/mol. The van der Waals surface area contributed by atoms with Crippen LogP contribution in [0.5, 0.6) is 0 Å². The predicted molar refractivity (Wildman–Crippen MR) is 70.2 cm³/mol. The third-order valence-electron chi connectivity index (χ3n) is 2.49. The van der Waals surface area contributed by atoms with Crippen molar-refractivity contribution in [3.63, 3.8) is 0 Å². The molecule has 1 N–H and O–H groups in total. The summed E-state index contributed by atoms with van der Waals surface area (Å²) in [5, 5.41) is 7.80. The highest BCUT2D eigenvalue weighted by Crippen LogP contribution is 2.27. The quantitative estimate of drug-likeness (QED) is 0.944. The van der Waals surface area contributed by atoms with E-state index in [0.717, 1.165) is 9.69 Å². The Bertz CT molecular complexity index is 661. The van der Waals surface area contributed by atoms with Crippen LogP contribution < -0.4 is 5.32 Å². The largest absolute Gasteiger partial charge is 0.453 e. The molecule has 6 nitrogen and oxygen atoms in total. The molecule has 0 saturated carbocycles. The van der Waals surface area contributed by atoms with E-state index in [1.165, 1.54) is 18.4 Å². The molecule has 0 aliphatic heterocycles. The van der Waals surface area contributed by atoms with Gasteiger partial charge in [-0.2, -0.15) is 18.2 Å². The fourth-order valence-electron chi connectivity index (χ4n) is 1.44. The van der Waals surface area contributed by atoms with E-state index in [-0.39, 0.29) is 17.6 Å². The molecule has 21 heavy (non-hydrogen) atoms. The van der Waals surface area contributed by atoms with Gasteiger partial charge >= 0.3 is 6.18 Å². The number of nitrogens with zero attached hydrogens (tertiary/aromatic N) is 4. The number of rotatable bonds is 3. The predicted octanol–water partition coefficient (Wildman–Crippen LogP) is 2.67. The summed E-state index contributed by atoms with van der Waals surface area (Å²) in [5.41, 5.74) is 0.139. The summed E-state index contributed by atoms with van der Waals surface area (Å²) in [6.45, 7) is 3.86. The van der Waals surface area contributed by atoms with Crippen molar-refractivity contribution in [1.29, 1.82) is 0 Å². The van der Waals surface area contributed by atoms with Gasteiger partial charge in [0.2, 0.25) is 5.95 Å². The topological polar surface area (TPSA) is 72.7 Å². The highest BCUT2D eigenvalue weighted by Gasteiger charge is 2.37. The second kappa shape index (κ2) is 5.43. The minimum atomic E-state index is -4.66. The summed E-state index contributed by atoms with van der Waals surface area (Å²) >= 11 is 1.32. The first-order valence-electron chi connectivity index (χ1n) is 5.93. The molecule has 0 aliphatic rings. The van der Waals surface area contributed by atoms with Crippen molar-refractivity contribution in [1.82, 2.24) is 19.7 Å². The molecule has 1 amide bonds. The number of anilines is 1. The molecule has 0 saturated heterocycles. The number of alkyl halides is 3. The van der Waals surface area contributed by atoms with Gasteiger partial charge in [0.05, 0.1) is 5.01 Å². The molecule has 114 valence electrons. The van der Waals surface area contributed by atoms with Gasteiger partial charge in [0.25, 0.3) is 11.7 Å². The van der Waals surface area contributed by atoms with Crippen LogP contribution in [-0.4, -0.2) is 25.7 Å². The molecule has 0 unspecified atom stereocenters. The number of amides is 1. The van der Waals surface area contributed by atoms with Crippen molar-refractivity contribution in [2.75, 3.05) is 5.32 Å². The first kappa shape index (κ1) is 15.4. The van der Waals surface area contributed by atoms with Gasteiger partial charge < -0.3 is 0 Å². The molecule has 0 aromatic carbocycles. The van der Waals surface area contributed by atoms with E-state index in [1.54, 1.807) is 5.38 Å². The molecule has 2 aromatic heterocycles. The van der Waals surface area contributed by atoms with Gasteiger partial charge in [-0.15, -0.1) is 16.4 Å². The number of hydrogen-bond donors (Lipinski definition) is 1. The van der Waals surface area contributed by atoms with Crippen LogP contribution in [-0.2, 0) is 13.2 Å². The molecule has 0 fully saturated rings. The van der Waals surface area contributed by atoms with Crippen LogP contribution in [0, 0.1) is 0 Å². The summed E-state index contributed by atoms with van der Waals surface area (Å²) in [6.07, 6.45) is -4.66. The normalized spacial score (nSPS) is 12.0. The molecular weight excluding hydrogens is 307 g/mol. The first-order chi connectivity index (χ1) is 9.68. The molecule has 10 heteroatoms. The zero-order valence-electron chi connectivity index (χ0n) is 11.4. The van der Waals surface area contributed by atoms with E-state index in [9.17, 15) is 18.0 Å². The van der Waals surface area contributed by atoms with E-state index >= 15 is 0 Å². The lowest BCUT2D eigenvalue weighted by Gasteiger charge is -2.01. The third kappa shape index (κ3) is 3.38. The van der Waals surface area contributed by atoms with Crippen LogP contribution in [0.4, 0.5) is 19.1 Å². The maximum atomic E-state index is 12.5. The Morgan fingerprint density at radius 1 is 1.38 bits per heavy atom. The summed E-state index contributed by atoms with van der Waals surface area (Å²) < 4.78 is 38.3. The van der Waals surface area contributed by atoms with E-state index < -0.39 is 17.9 Å². The molecule has 0 bridgehead atoms. The van der Waals surface area contributed by atoms with Gasteiger partial charge in [0.1, 0.15) is 5.69 Å². The Morgan fingerprint density at radius 3 is 2.52 bits per heavy atom. The van der Waals surface area contributed by atoms with Crippen molar-refractivity contribution in [2.24, 2.45) is 7.05 Å². The summed E-state index contributed by atoms with van der Waals surface area (Å²) in [4.78, 5) is 19.3. The van der Waals surface area contributed by atoms with Crippen molar-refractivity contribution in [2.45, 2.75) is 25.9 Å².